The first-order chi connectivity index (χ1) is 12.6. The van der Waals surface area contributed by atoms with E-state index in [4.69, 9.17) is 11.5 Å². The average molecular weight is 378 g/mol. The highest BCUT2D eigenvalue weighted by molar-refractivity contribution is 7.15. The van der Waals surface area contributed by atoms with E-state index in [1.54, 1.807) is 0 Å². The van der Waals surface area contributed by atoms with Gasteiger partial charge in [-0.1, -0.05) is 36.4 Å². The average Bonchev–Trinajstić information content (AvgIpc) is 3.32. The Morgan fingerprint density at radius 2 is 1.15 bits per heavy atom. The van der Waals surface area contributed by atoms with Crippen molar-refractivity contribution in [2.24, 2.45) is 0 Å². The van der Waals surface area contributed by atoms with Crippen molar-refractivity contribution >= 4 is 39.8 Å². The molecule has 0 fully saturated rings. The van der Waals surface area contributed by atoms with Crippen LogP contribution in [0.1, 0.15) is 14.8 Å². The molecule has 2 aromatic carbocycles. The van der Waals surface area contributed by atoms with Crippen LogP contribution in [0.5, 0.6) is 0 Å². The summed E-state index contributed by atoms with van der Waals surface area (Å²) in [5, 5.41) is 4.46. The summed E-state index contributed by atoms with van der Waals surface area (Å²) in [5.74, 6) is -0.193. The topological polar surface area (TPSA) is 94.9 Å². The van der Waals surface area contributed by atoms with E-state index in [-0.39, 0.29) is 5.78 Å². The van der Waals surface area contributed by atoms with Crippen LogP contribution in [-0.4, -0.2) is 15.8 Å². The lowest BCUT2D eigenvalue weighted by atomic mass is 10.1. The molecule has 128 valence electrons. The van der Waals surface area contributed by atoms with Crippen LogP contribution in [0, 0.1) is 0 Å². The molecule has 7 heteroatoms. The van der Waals surface area contributed by atoms with Crippen molar-refractivity contribution in [1.29, 1.82) is 0 Å². The van der Waals surface area contributed by atoms with Gasteiger partial charge >= 0.3 is 0 Å². The Hall–Kier alpha value is -3.03. The maximum atomic E-state index is 12.7. The van der Waals surface area contributed by atoms with Gasteiger partial charge in [-0.05, 0) is 12.1 Å². The number of para-hydroxylation sites is 2. The molecule has 4 rings (SSSR count). The third-order valence-corrected chi connectivity index (χ3v) is 5.55. The molecule has 0 atom stereocenters. The van der Waals surface area contributed by atoms with Crippen LogP contribution in [0.15, 0.2) is 59.3 Å². The summed E-state index contributed by atoms with van der Waals surface area (Å²) >= 11 is 2.58. The summed E-state index contributed by atoms with van der Waals surface area (Å²) in [6.45, 7) is 0. The third-order valence-electron chi connectivity index (χ3n) is 3.87. The molecule has 2 aromatic heterocycles. The molecular formula is C19H14N4OS2. The molecule has 0 amide bonds. The SMILES string of the molecule is Nc1ccccc1-c1csc(C(=O)c2nc(-c3ccccc3N)cs2)n1. The standard InChI is InChI=1S/C19H14N4OS2/c20-13-7-3-1-5-11(13)15-9-25-18(22-15)17(24)19-23-16(10-26-19)12-6-2-4-8-14(12)21/h1-10H,20-21H2. The van der Waals surface area contributed by atoms with E-state index < -0.39 is 0 Å². The fourth-order valence-electron chi connectivity index (χ4n) is 2.56. The zero-order chi connectivity index (χ0) is 18.1. The lowest BCUT2D eigenvalue weighted by Gasteiger charge is -2.00. The Bertz CT molecular complexity index is 1010. The minimum atomic E-state index is -0.193. The van der Waals surface area contributed by atoms with Crippen molar-refractivity contribution in [2.75, 3.05) is 11.5 Å². The van der Waals surface area contributed by atoms with Gasteiger partial charge in [0.1, 0.15) is 0 Å². The molecule has 4 N–H and O–H groups in total. The number of thiazole rings is 2. The van der Waals surface area contributed by atoms with E-state index >= 15 is 0 Å². The summed E-state index contributed by atoms with van der Waals surface area (Å²) < 4.78 is 0. The van der Waals surface area contributed by atoms with Gasteiger partial charge in [-0.3, -0.25) is 4.79 Å². The lowest BCUT2D eigenvalue weighted by Crippen LogP contribution is -2.00. The molecule has 0 bridgehead atoms. The Morgan fingerprint density at radius 3 is 1.58 bits per heavy atom. The first kappa shape index (κ1) is 16.4. The molecule has 0 aliphatic carbocycles. The zero-order valence-electron chi connectivity index (χ0n) is 13.5. The Balaban J connectivity index is 1.64. The Kier molecular flexibility index (Phi) is 4.24. The number of benzene rings is 2. The number of hydrogen-bond donors (Lipinski definition) is 2. The zero-order valence-corrected chi connectivity index (χ0v) is 15.2. The summed E-state index contributed by atoms with van der Waals surface area (Å²) in [6, 6.07) is 14.9. The van der Waals surface area contributed by atoms with Crippen LogP contribution < -0.4 is 11.5 Å². The molecule has 0 radical (unpaired) electrons. The number of nitrogen functional groups attached to an aromatic ring is 2. The van der Waals surface area contributed by atoms with Gasteiger partial charge < -0.3 is 11.5 Å². The first-order valence-corrected chi connectivity index (χ1v) is 9.55. The summed E-state index contributed by atoms with van der Waals surface area (Å²) in [5.41, 5.74) is 16.3. The minimum absolute atomic E-state index is 0.193. The van der Waals surface area contributed by atoms with Crippen molar-refractivity contribution < 1.29 is 4.79 Å². The first-order valence-electron chi connectivity index (χ1n) is 7.79. The highest BCUT2D eigenvalue weighted by Gasteiger charge is 2.19. The van der Waals surface area contributed by atoms with Gasteiger partial charge in [0.25, 0.3) is 0 Å². The van der Waals surface area contributed by atoms with Crippen molar-refractivity contribution in [3.8, 4) is 22.5 Å². The number of carbonyl (C=O) groups excluding carboxylic acids is 1. The summed E-state index contributed by atoms with van der Waals surface area (Å²) in [4.78, 5) is 21.6. The monoisotopic (exact) mass is 378 g/mol. The molecule has 5 nitrogen and oxygen atoms in total. The van der Waals surface area contributed by atoms with Crippen LogP contribution in [0.3, 0.4) is 0 Å². The van der Waals surface area contributed by atoms with Crippen LogP contribution in [0.2, 0.25) is 0 Å². The number of anilines is 2. The largest absolute Gasteiger partial charge is 0.398 e. The number of ketones is 1. The van der Waals surface area contributed by atoms with Gasteiger partial charge in [0, 0.05) is 33.3 Å². The number of nitrogens with two attached hydrogens (primary N) is 2. The summed E-state index contributed by atoms with van der Waals surface area (Å²) in [7, 11) is 0. The molecule has 0 aliphatic rings. The van der Waals surface area contributed by atoms with E-state index in [1.165, 1.54) is 22.7 Å². The van der Waals surface area contributed by atoms with Crippen LogP contribution in [-0.2, 0) is 0 Å². The predicted molar refractivity (Wildman–Crippen MR) is 107 cm³/mol. The number of nitrogens with zero attached hydrogens (tertiary/aromatic N) is 2. The highest BCUT2D eigenvalue weighted by Crippen LogP contribution is 2.30. The fraction of sp³-hybridized carbons (Fsp3) is 0. The van der Waals surface area contributed by atoms with E-state index in [1.807, 2.05) is 59.3 Å². The van der Waals surface area contributed by atoms with Gasteiger partial charge in [0.2, 0.25) is 5.78 Å². The molecule has 0 unspecified atom stereocenters. The third kappa shape index (κ3) is 2.98. The molecule has 0 saturated carbocycles. The van der Waals surface area contributed by atoms with E-state index in [2.05, 4.69) is 9.97 Å². The second-order valence-electron chi connectivity index (χ2n) is 5.58. The Morgan fingerprint density at radius 1 is 0.731 bits per heavy atom. The quantitative estimate of drug-likeness (QED) is 0.407. The Labute approximate surface area is 158 Å². The number of carbonyl (C=O) groups is 1. The molecule has 0 spiro atoms. The van der Waals surface area contributed by atoms with Gasteiger partial charge in [0.15, 0.2) is 10.0 Å². The number of rotatable bonds is 4. The van der Waals surface area contributed by atoms with E-state index in [9.17, 15) is 4.79 Å². The van der Waals surface area contributed by atoms with Gasteiger partial charge in [-0.2, -0.15) is 0 Å². The maximum absolute atomic E-state index is 12.7. The number of hydrogen-bond acceptors (Lipinski definition) is 7. The molecule has 2 heterocycles. The van der Waals surface area contributed by atoms with Crippen molar-refractivity contribution in [1.82, 2.24) is 9.97 Å². The smallest absolute Gasteiger partial charge is 0.250 e. The van der Waals surface area contributed by atoms with E-state index in [0.717, 1.165) is 11.1 Å². The van der Waals surface area contributed by atoms with E-state index in [0.29, 0.717) is 32.8 Å². The fourth-order valence-corrected chi connectivity index (χ4v) is 4.14. The predicted octanol–water partition coefficient (Wildman–Crippen LogP) is 4.33. The molecule has 0 saturated heterocycles. The van der Waals surface area contributed by atoms with Crippen molar-refractivity contribution in [3.05, 3.63) is 69.3 Å². The lowest BCUT2D eigenvalue weighted by molar-refractivity contribution is 0.103. The molecule has 0 aliphatic heterocycles. The minimum Gasteiger partial charge on any atom is -0.398 e. The van der Waals surface area contributed by atoms with Crippen LogP contribution in [0.4, 0.5) is 11.4 Å². The van der Waals surface area contributed by atoms with Crippen molar-refractivity contribution in [2.45, 2.75) is 0 Å². The molecule has 26 heavy (non-hydrogen) atoms. The normalized spacial score (nSPS) is 10.8. The van der Waals surface area contributed by atoms with Gasteiger partial charge in [-0.15, -0.1) is 22.7 Å². The second kappa shape index (κ2) is 6.70. The highest BCUT2D eigenvalue weighted by atomic mass is 32.1. The molecule has 4 aromatic rings. The van der Waals surface area contributed by atoms with Crippen molar-refractivity contribution in [3.63, 3.8) is 0 Å². The number of aromatic nitrogens is 2. The van der Waals surface area contributed by atoms with Crippen LogP contribution >= 0.6 is 22.7 Å². The molecular weight excluding hydrogens is 364 g/mol. The van der Waals surface area contributed by atoms with Gasteiger partial charge in [-0.25, -0.2) is 9.97 Å². The second-order valence-corrected chi connectivity index (χ2v) is 7.30. The van der Waals surface area contributed by atoms with Crippen LogP contribution in [0.25, 0.3) is 22.5 Å². The maximum Gasteiger partial charge on any atom is 0.250 e. The van der Waals surface area contributed by atoms with Gasteiger partial charge in [0.05, 0.1) is 11.4 Å². The summed E-state index contributed by atoms with van der Waals surface area (Å²) in [6.07, 6.45) is 0.